The second kappa shape index (κ2) is 13.5. The number of aliphatic hydroxyl groups is 1. The van der Waals surface area contributed by atoms with E-state index in [1.807, 2.05) is 37.6 Å². The number of benzene rings is 1. The van der Waals surface area contributed by atoms with Crippen LogP contribution in [0, 0.1) is 11.8 Å². The number of ether oxygens (including phenoxy) is 2. The van der Waals surface area contributed by atoms with Gasteiger partial charge in [-0.05, 0) is 50.3 Å². The van der Waals surface area contributed by atoms with E-state index in [0.717, 1.165) is 14.7 Å². The zero-order valence-corrected chi connectivity index (χ0v) is 28.9. The van der Waals surface area contributed by atoms with Gasteiger partial charge in [-0.15, -0.1) is 23.1 Å². The molecule has 1 unspecified atom stereocenters. The molecule has 4 heterocycles. The Hall–Kier alpha value is -3.24. The molecule has 2 aliphatic rings. The van der Waals surface area contributed by atoms with Crippen molar-refractivity contribution in [1.82, 2.24) is 18.6 Å². The third-order valence-corrected chi connectivity index (χ3v) is 12.1. The van der Waals surface area contributed by atoms with E-state index in [2.05, 4.69) is 4.98 Å². The highest BCUT2D eigenvalue weighted by atomic mass is 32.2. The van der Waals surface area contributed by atoms with Gasteiger partial charge in [-0.1, -0.05) is 20.8 Å². The largest absolute Gasteiger partial charge is 0.422 e. The lowest BCUT2D eigenvalue weighted by Crippen LogP contribution is -2.63. The van der Waals surface area contributed by atoms with E-state index < -0.39 is 46.3 Å². The minimum absolute atomic E-state index is 0.0590. The van der Waals surface area contributed by atoms with Crippen molar-refractivity contribution in [2.75, 3.05) is 19.3 Å². The molecule has 1 aromatic carbocycles. The predicted molar refractivity (Wildman–Crippen MR) is 173 cm³/mol. The number of imidazole rings is 1. The van der Waals surface area contributed by atoms with Gasteiger partial charge in [0.25, 0.3) is 0 Å². The fourth-order valence-electron chi connectivity index (χ4n) is 6.14. The zero-order valence-electron chi connectivity index (χ0n) is 26.5. The quantitative estimate of drug-likeness (QED) is 0.120. The SMILES string of the molecule is CCCN(CCC)S(=O)(=O)c1ccc(C(=O)OC(C)OC(=O)C2=C(c3cn4cnc(SC)c4s3)[C@H](C)[C@@H]3[C@@H]([C@@H](C)O)C(=O)N23)cc1. The molecule has 5 rings (SSSR count). The number of carbonyl (C=O) groups is 3. The van der Waals surface area contributed by atoms with Crippen molar-refractivity contribution in [3.05, 3.63) is 52.9 Å². The molecule has 248 valence electrons. The van der Waals surface area contributed by atoms with Crippen LogP contribution in [0.1, 0.15) is 62.7 Å². The molecule has 2 aromatic heterocycles. The molecule has 0 radical (unpaired) electrons. The molecule has 1 amide bonds. The van der Waals surface area contributed by atoms with Crippen LogP contribution in [0.25, 0.3) is 10.4 Å². The summed E-state index contributed by atoms with van der Waals surface area (Å²) in [6, 6.07) is 4.99. The third-order valence-electron chi connectivity index (χ3n) is 8.22. The Kier molecular flexibility index (Phi) is 9.99. The zero-order chi connectivity index (χ0) is 33.5. The topological polar surface area (TPSA) is 148 Å². The molecule has 1 N–H and O–H groups in total. The fraction of sp³-hybridized carbons (Fsp3) is 0.484. The van der Waals surface area contributed by atoms with Crippen LogP contribution in [0.15, 0.2) is 52.4 Å². The lowest BCUT2D eigenvalue weighted by Gasteiger charge is -2.46. The van der Waals surface area contributed by atoms with Crippen LogP contribution in [0.4, 0.5) is 0 Å². The van der Waals surface area contributed by atoms with Gasteiger partial charge >= 0.3 is 11.9 Å². The summed E-state index contributed by atoms with van der Waals surface area (Å²) in [5.74, 6) is -2.97. The number of sulfonamides is 1. The number of carbonyl (C=O) groups excluding carboxylic acids is 3. The van der Waals surface area contributed by atoms with E-state index >= 15 is 0 Å². The Morgan fingerprint density at radius 3 is 2.33 bits per heavy atom. The lowest BCUT2D eigenvalue weighted by molar-refractivity contribution is -0.172. The maximum absolute atomic E-state index is 13.7. The monoisotopic (exact) mass is 690 g/mol. The Labute approximate surface area is 276 Å². The average Bonchev–Trinajstić information content (AvgIpc) is 3.66. The number of hydrogen-bond donors (Lipinski definition) is 1. The molecule has 0 saturated carbocycles. The van der Waals surface area contributed by atoms with Gasteiger partial charge in [0.15, 0.2) is 0 Å². The summed E-state index contributed by atoms with van der Waals surface area (Å²) in [5.41, 5.74) is 0.755. The van der Waals surface area contributed by atoms with Gasteiger partial charge in [0.2, 0.25) is 22.2 Å². The molecular weight excluding hydrogens is 653 g/mol. The number of thioether (sulfide) groups is 1. The maximum Gasteiger partial charge on any atom is 0.358 e. The lowest BCUT2D eigenvalue weighted by atomic mass is 9.77. The number of thiazole rings is 1. The first-order valence-electron chi connectivity index (χ1n) is 15.1. The highest BCUT2D eigenvalue weighted by molar-refractivity contribution is 7.98. The van der Waals surface area contributed by atoms with Crippen LogP contribution in [0.3, 0.4) is 0 Å². The number of hydrogen-bond acceptors (Lipinski definition) is 11. The van der Waals surface area contributed by atoms with Crippen molar-refractivity contribution in [2.45, 2.75) is 75.8 Å². The van der Waals surface area contributed by atoms with Crippen molar-refractivity contribution < 1.29 is 37.4 Å². The molecule has 1 saturated heterocycles. The van der Waals surface area contributed by atoms with Gasteiger partial charge < -0.3 is 19.5 Å². The number of aliphatic hydroxyl groups excluding tert-OH is 1. The number of rotatable bonds is 13. The fourth-order valence-corrected chi connectivity index (χ4v) is 9.68. The Balaban J connectivity index is 1.35. The standard InChI is InChI=1S/C31H38N4O8S3/c1-7-13-34(14-8-2)46(40,41)21-11-9-20(10-12-21)30(38)42-19(5)43-31(39)26-23(17(3)25-24(18(4)36)28(37)35(25)26)22-15-33-16-32-27(44-6)29(33)45-22/h9-12,15-19,24-25,36H,7-8,13-14H2,1-6H3/t17-,18+,19?,24+,25+/m0/s1. The molecule has 3 aromatic rings. The van der Waals surface area contributed by atoms with Gasteiger partial charge in [-0.3, -0.25) is 9.20 Å². The first kappa shape index (κ1) is 34.1. The number of amides is 1. The first-order valence-corrected chi connectivity index (χ1v) is 18.6. The Bertz CT molecular complexity index is 1770. The van der Waals surface area contributed by atoms with Crippen LogP contribution in [-0.4, -0.2) is 87.7 Å². The Morgan fingerprint density at radius 2 is 1.74 bits per heavy atom. The summed E-state index contributed by atoms with van der Waals surface area (Å²) in [6.45, 7) is 9.46. The number of aromatic nitrogens is 2. The molecule has 1 fully saturated rings. The van der Waals surface area contributed by atoms with Gasteiger partial charge in [0, 0.05) is 37.7 Å². The smallest absolute Gasteiger partial charge is 0.358 e. The van der Waals surface area contributed by atoms with Crippen LogP contribution in [-0.2, 0) is 29.1 Å². The highest BCUT2D eigenvalue weighted by Gasteiger charge is 2.60. The van der Waals surface area contributed by atoms with Gasteiger partial charge in [0.05, 0.1) is 33.4 Å². The summed E-state index contributed by atoms with van der Waals surface area (Å²) in [4.78, 5) is 47.3. The molecule has 0 spiro atoms. The predicted octanol–water partition coefficient (Wildman–Crippen LogP) is 4.24. The number of esters is 2. The summed E-state index contributed by atoms with van der Waals surface area (Å²) in [6.07, 6.45) is 4.59. The van der Waals surface area contributed by atoms with Crippen molar-refractivity contribution >= 4 is 61.4 Å². The van der Waals surface area contributed by atoms with E-state index in [1.54, 1.807) is 13.3 Å². The molecule has 15 heteroatoms. The molecule has 12 nitrogen and oxygen atoms in total. The molecular formula is C31H38N4O8S3. The molecule has 0 aliphatic carbocycles. The van der Waals surface area contributed by atoms with E-state index in [0.29, 0.717) is 31.5 Å². The first-order chi connectivity index (χ1) is 21.8. The third kappa shape index (κ3) is 5.99. The summed E-state index contributed by atoms with van der Waals surface area (Å²) in [5, 5.41) is 11.2. The van der Waals surface area contributed by atoms with Gasteiger partial charge in [-0.2, -0.15) is 4.31 Å². The van der Waals surface area contributed by atoms with E-state index in [4.69, 9.17) is 9.47 Å². The number of nitrogens with zero attached hydrogens (tertiary/aromatic N) is 4. The minimum atomic E-state index is -3.72. The normalized spacial score (nSPS) is 21.0. The minimum Gasteiger partial charge on any atom is -0.422 e. The Morgan fingerprint density at radius 1 is 1.11 bits per heavy atom. The van der Waals surface area contributed by atoms with Crippen LogP contribution < -0.4 is 0 Å². The maximum atomic E-state index is 13.7. The number of β-lactam (4-membered cyclic amide) rings is 1. The van der Waals surface area contributed by atoms with Crippen molar-refractivity contribution in [1.29, 1.82) is 0 Å². The second-order valence-corrected chi connectivity index (χ2v) is 15.1. The molecule has 0 bridgehead atoms. The van der Waals surface area contributed by atoms with Crippen LogP contribution >= 0.6 is 23.1 Å². The van der Waals surface area contributed by atoms with Crippen molar-refractivity contribution in [3.63, 3.8) is 0 Å². The summed E-state index contributed by atoms with van der Waals surface area (Å²) >= 11 is 2.94. The van der Waals surface area contributed by atoms with Gasteiger partial charge in [-0.25, -0.2) is 23.0 Å². The molecule has 2 aliphatic heterocycles. The van der Waals surface area contributed by atoms with E-state index in [9.17, 15) is 27.9 Å². The van der Waals surface area contributed by atoms with Crippen molar-refractivity contribution in [3.8, 4) is 0 Å². The van der Waals surface area contributed by atoms with Crippen LogP contribution in [0.5, 0.6) is 0 Å². The molecule has 46 heavy (non-hydrogen) atoms. The second-order valence-electron chi connectivity index (χ2n) is 11.4. The summed E-state index contributed by atoms with van der Waals surface area (Å²) < 4.78 is 40.4. The average molecular weight is 691 g/mol. The molecule has 5 atom stereocenters. The highest BCUT2D eigenvalue weighted by Crippen LogP contribution is 2.52. The van der Waals surface area contributed by atoms with E-state index in [1.165, 1.54) is 63.5 Å². The van der Waals surface area contributed by atoms with Crippen LogP contribution in [0.2, 0.25) is 0 Å². The van der Waals surface area contributed by atoms with E-state index in [-0.39, 0.29) is 28.0 Å². The van der Waals surface area contributed by atoms with Gasteiger partial charge in [0.1, 0.15) is 21.9 Å². The summed E-state index contributed by atoms with van der Waals surface area (Å²) in [7, 11) is -3.72. The number of fused-ring (bicyclic) bond motifs is 2. The van der Waals surface area contributed by atoms with Crippen molar-refractivity contribution in [2.24, 2.45) is 11.8 Å².